The number of nitrogens with zero attached hydrogens (tertiary/aromatic N) is 2. The molecule has 1 aliphatic rings. The molecule has 0 aromatic carbocycles. The predicted molar refractivity (Wildman–Crippen MR) is 85.6 cm³/mol. The number of hydrogen-bond donors (Lipinski definition) is 3. The maximum atomic E-state index is 11.7. The Morgan fingerprint density at radius 1 is 1.36 bits per heavy atom. The topological polar surface area (TPSA) is 85.0 Å². The first-order chi connectivity index (χ1) is 10.7. The molecule has 0 spiro atoms. The SMILES string of the molecule is CCCCC[C@@H]1CN(Cc2c[nH]c3c(=O)[nH]cnc23)C[C@H]1O. The van der Waals surface area contributed by atoms with Crippen molar-refractivity contribution >= 4 is 11.0 Å². The van der Waals surface area contributed by atoms with Gasteiger partial charge in [-0.25, -0.2) is 4.98 Å². The van der Waals surface area contributed by atoms with Crippen LogP contribution in [0.5, 0.6) is 0 Å². The second kappa shape index (κ2) is 6.62. The molecule has 6 nitrogen and oxygen atoms in total. The van der Waals surface area contributed by atoms with Gasteiger partial charge in [0.2, 0.25) is 0 Å². The highest BCUT2D eigenvalue weighted by Gasteiger charge is 2.31. The summed E-state index contributed by atoms with van der Waals surface area (Å²) in [6, 6.07) is 0. The fraction of sp³-hybridized carbons (Fsp3) is 0.625. The number of hydrogen-bond acceptors (Lipinski definition) is 4. The van der Waals surface area contributed by atoms with Gasteiger partial charge in [-0.05, 0) is 12.3 Å². The van der Waals surface area contributed by atoms with Crippen molar-refractivity contribution in [3.05, 3.63) is 28.4 Å². The van der Waals surface area contributed by atoms with Crippen LogP contribution in [-0.4, -0.2) is 44.2 Å². The predicted octanol–water partition coefficient (Wildman–Crippen LogP) is 1.62. The number of aromatic amines is 2. The number of aromatic nitrogens is 3. The number of aliphatic hydroxyl groups excluding tert-OH is 1. The third kappa shape index (κ3) is 3.08. The van der Waals surface area contributed by atoms with E-state index in [0.29, 0.717) is 18.0 Å². The van der Waals surface area contributed by atoms with Gasteiger partial charge in [0.05, 0.1) is 17.9 Å². The quantitative estimate of drug-likeness (QED) is 0.708. The van der Waals surface area contributed by atoms with E-state index in [9.17, 15) is 9.90 Å². The Balaban J connectivity index is 1.66. The van der Waals surface area contributed by atoms with Gasteiger partial charge in [0, 0.05) is 31.4 Å². The summed E-state index contributed by atoms with van der Waals surface area (Å²) < 4.78 is 0. The van der Waals surface area contributed by atoms with Gasteiger partial charge >= 0.3 is 0 Å². The molecule has 0 saturated carbocycles. The molecule has 2 aromatic rings. The summed E-state index contributed by atoms with van der Waals surface area (Å²) in [4.78, 5) is 23.8. The highest BCUT2D eigenvalue weighted by atomic mass is 16.3. The van der Waals surface area contributed by atoms with Crippen LogP contribution in [0, 0.1) is 5.92 Å². The van der Waals surface area contributed by atoms with E-state index in [4.69, 9.17) is 0 Å². The average Bonchev–Trinajstić information content (AvgIpc) is 3.05. The minimum atomic E-state index is -0.238. The first kappa shape index (κ1) is 15.2. The van der Waals surface area contributed by atoms with Gasteiger partial charge in [0.1, 0.15) is 5.52 Å². The summed E-state index contributed by atoms with van der Waals surface area (Å²) in [5, 5.41) is 10.2. The molecular weight excluding hydrogens is 280 g/mol. The van der Waals surface area contributed by atoms with Crippen molar-refractivity contribution in [2.75, 3.05) is 13.1 Å². The van der Waals surface area contributed by atoms with Gasteiger partial charge in [-0.15, -0.1) is 0 Å². The zero-order valence-corrected chi connectivity index (χ0v) is 13.0. The normalized spacial score (nSPS) is 22.6. The molecule has 1 fully saturated rings. The maximum Gasteiger partial charge on any atom is 0.275 e. The van der Waals surface area contributed by atoms with E-state index in [1.165, 1.54) is 25.6 Å². The third-order valence-electron chi connectivity index (χ3n) is 4.60. The number of likely N-dealkylation sites (tertiary alicyclic amines) is 1. The summed E-state index contributed by atoms with van der Waals surface area (Å²) in [6.07, 6.45) is 7.78. The lowest BCUT2D eigenvalue weighted by Gasteiger charge is -2.14. The molecule has 0 amide bonds. The molecule has 2 atom stereocenters. The summed E-state index contributed by atoms with van der Waals surface area (Å²) in [5.74, 6) is 0.369. The molecule has 0 bridgehead atoms. The summed E-state index contributed by atoms with van der Waals surface area (Å²) in [7, 11) is 0. The molecule has 3 rings (SSSR count). The molecule has 1 saturated heterocycles. The molecule has 22 heavy (non-hydrogen) atoms. The van der Waals surface area contributed by atoms with Gasteiger partial charge < -0.3 is 15.1 Å². The Kier molecular flexibility index (Phi) is 4.59. The highest BCUT2D eigenvalue weighted by molar-refractivity contribution is 5.77. The standard InChI is InChI=1S/C16H24N4O2/c1-2-3-4-5-11-7-20(9-13(11)21)8-12-6-17-15-14(12)18-10-19-16(15)22/h6,10-11,13,17,21H,2-5,7-9H2,1H3,(H,18,19,22)/t11-,13-/m1/s1. The minimum absolute atomic E-state index is 0.143. The van der Waals surface area contributed by atoms with Gasteiger partial charge in [0.15, 0.2) is 0 Å². The van der Waals surface area contributed by atoms with E-state index in [-0.39, 0.29) is 11.7 Å². The largest absolute Gasteiger partial charge is 0.391 e. The molecule has 3 heterocycles. The molecular formula is C16H24N4O2. The molecule has 120 valence electrons. The zero-order chi connectivity index (χ0) is 15.5. The monoisotopic (exact) mass is 304 g/mol. The van der Waals surface area contributed by atoms with Crippen molar-refractivity contribution in [1.29, 1.82) is 0 Å². The fourth-order valence-corrected chi connectivity index (χ4v) is 3.38. The van der Waals surface area contributed by atoms with Gasteiger partial charge in [-0.1, -0.05) is 26.2 Å². The van der Waals surface area contributed by atoms with E-state index in [1.54, 1.807) is 0 Å². The minimum Gasteiger partial charge on any atom is -0.391 e. The number of nitrogens with one attached hydrogen (secondary N) is 2. The van der Waals surface area contributed by atoms with Crippen molar-refractivity contribution in [1.82, 2.24) is 19.9 Å². The van der Waals surface area contributed by atoms with E-state index in [1.807, 2.05) is 6.20 Å². The van der Waals surface area contributed by atoms with Crippen molar-refractivity contribution in [2.45, 2.75) is 45.3 Å². The van der Waals surface area contributed by atoms with Gasteiger partial charge in [-0.2, -0.15) is 0 Å². The Hall–Kier alpha value is -1.66. The number of rotatable bonds is 6. The van der Waals surface area contributed by atoms with E-state index in [0.717, 1.165) is 30.6 Å². The third-order valence-corrected chi connectivity index (χ3v) is 4.60. The molecule has 2 aromatic heterocycles. The lowest BCUT2D eigenvalue weighted by Crippen LogP contribution is -2.21. The number of unbranched alkanes of at least 4 members (excludes halogenated alkanes) is 2. The van der Waals surface area contributed by atoms with Crippen LogP contribution in [0.25, 0.3) is 11.0 Å². The van der Waals surface area contributed by atoms with Crippen molar-refractivity contribution in [2.24, 2.45) is 5.92 Å². The lowest BCUT2D eigenvalue weighted by atomic mass is 9.98. The van der Waals surface area contributed by atoms with Crippen molar-refractivity contribution < 1.29 is 5.11 Å². The van der Waals surface area contributed by atoms with Crippen LogP contribution in [0.3, 0.4) is 0 Å². The average molecular weight is 304 g/mol. The Morgan fingerprint density at radius 3 is 3.05 bits per heavy atom. The number of aliphatic hydroxyl groups is 1. The van der Waals surface area contributed by atoms with Crippen LogP contribution in [0.15, 0.2) is 17.3 Å². The van der Waals surface area contributed by atoms with Crippen LogP contribution in [0.4, 0.5) is 0 Å². The van der Waals surface area contributed by atoms with E-state index < -0.39 is 0 Å². The van der Waals surface area contributed by atoms with Crippen LogP contribution in [0.2, 0.25) is 0 Å². The van der Waals surface area contributed by atoms with Gasteiger partial charge in [-0.3, -0.25) is 9.69 Å². The van der Waals surface area contributed by atoms with E-state index >= 15 is 0 Å². The molecule has 1 aliphatic heterocycles. The number of H-pyrrole nitrogens is 2. The lowest BCUT2D eigenvalue weighted by molar-refractivity contribution is 0.136. The Labute approximate surface area is 129 Å². The molecule has 3 N–H and O–H groups in total. The Bertz CT molecular complexity index is 678. The fourth-order valence-electron chi connectivity index (χ4n) is 3.38. The second-order valence-electron chi connectivity index (χ2n) is 6.29. The number of β-amino-alcohol motifs (C(OH)–C–C–N with tert-alkyl or cyclic N) is 1. The highest BCUT2D eigenvalue weighted by Crippen LogP contribution is 2.25. The first-order valence-corrected chi connectivity index (χ1v) is 8.13. The van der Waals surface area contributed by atoms with Crippen molar-refractivity contribution in [3.63, 3.8) is 0 Å². The summed E-state index contributed by atoms with van der Waals surface area (Å²) in [6.45, 7) is 4.54. The van der Waals surface area contributed by atoms with Crippen LogP contribution >= 0.6 is 0 Å². The Morgan fingerprint density at radius 2 is 2.23 bits per heavy atom. The summed E-state index contributed by atoms with van der Waals surface area (Å²) in [5.41, 5.74) is 2.13. The van der Waals surface area contributed by atoms with E-state index in [2.05, 4.69) is 26.8 Å². The molecule has 0 unspecified atom stereocenters. The maximum absolute atomic E-state index is 11.7. The zero-order valence-electron chi connectivity index (χ0n) is 13.0. The van der Waals surface area contributed by atoms with Crippen LogP contribution in [0.1, 0.15) is 38.2 Å². The molecule has 6 heteroatoms. The first-order valence-electron chi connectivity index (χ1n) is 8.13. The van der Waals surface area contributed by atoms with Crippen LogP contribution < -0.4 is 5.56 Å². The second-order valence-corrected chi connectivity index (χ2v) is 6.29. The number of fused-ring (bicyclic) bond motifs is 1. The molecule has 0 aliphatic carbocycles. The van der Waals surface area contributed by atoms with Gasteiger partial charge in [0.25, 0.3) is 5.56 Å². The smallest absolute Gasteiger partial charge is 0.275 e. The summed E-state index contributed by atoms with van der Waals surface area (Å²) >= 11 is 0. The molecule has 0 radical (unpaired) electrons. The van der Waals surface area contributed by atoms with Crippen molar-refractivity contribution in [3.8, 4) is 0 Å². The van der Waals surface area contributed by atoms with Crippen LogP contribution in [-0.2, 0) is 6.54 Å².